The summed E-state index contributed by atoms with van der Waals surface area (Å²) in [5, 5.41) is 44.4. The molecule has 0 aromatic rings. The van der Waals surface area contributed by atoms with Crippen LogP contribution < -0.4 is 20.4 Å². The molecule has 0 aliphatic heterocycles. The van der Waals surface area contributed by atoms with Gasteiger partial charge >= 0.3 is 26.2 Å². The van der Waals surface area contributed by atoms with Crippen molar-refractivity contribution in [3.05, 3.63) is 0 Å². The Morgan fingerprint density at radius 3 is 0.325 bits per heavy atom. The Bertz CT molecular complexity index is 2110. The van der Waals surface area contributed by atoms with Gasteiger partial charge in [0, 0.05) is 0 Å². The zero-order valence-corrected chi connectivity index (χ0v) is 46.7. The molecule has 0 saturated heterocycles. The van der Waals surface area contributed by atoms with E-state index in [-0.39, 0.29) is 26.2 Å². The van der Waals surface area contributed by atoms with Crippen molar-refractivity contribution < 1.29 is 162 Å². The van der Waals surface area contributed by atoms with Gasteiger partial charge in [-0.3, -0.25) is 95.9 Å². The fourth-order valence-electron chi connectivity index (χ4n) is 7.42. The zero-order chi connectivity index (χ0) is 62.2. The Hall–Kier alpha value is -7.84. The molecular formula is C48H52O28Zr. The van der Waals surface area contributed by atoms with E-state index >= 15 is 0 Å². The quantitative estimate of drug-likeness (QED) is 0.0657. The van der Waals surface area contributed by atoms with Crippen LogP contribution in [-0.4, -0.2) is 140 Å². The number of rotatable bonds is 28. The van der Waals surface area contributed by atoms with Crippen molar-refractivity contribution in [2.75, 3.05) is 0 Å². The van der Waals surface area contributed by atoms with Crippen molar-refractivity contribution in [1.82, 2.24) is 0 Å². The van der Waals surface area contributed by atoms with Gasteiger partial charge in [-0.2, -0.15) is 0 Å². The van der Waals surface area contributed by atoms with Gasteiger partial charge < -0.3 is 39.6 Å². The Kier molecular flexibility index (Phi) is 31.1. The summed E-state index contributed by atoms with van der Waals surface area (Å²) in [5.74, 6) is -40.9. The molecule has 416 valence electrons. The van der Waals surface area contributed by atoms with Crippen LogP contribution in [-0.2, 0) is 141 Å². The van der Waals surface area contributed by atoms with Crippen molar-refractivity contribution >= 4 is 140 Å². The fraction of sp³-hybridized carbons (Fsp3) is 0.500. The van der Waals surface area contributed by atoms with Gasteiger partial charge in [-0.1, -0.05) is 0 Å². The van der Waals surface area contributed by atoms with E-state index in [0.717, 1.165) is 55.4 Å². The smallest absolute Gasteiger partial charge is 0.548 e. The third kappa shape index (κ3) is 16.1. The molecule has 0 saturated carbocycles. The number of hydrogen-bond acceptors (Lipinski definition) is 28. The third-order valence-corrected chi connectivity index (χ3v) is 11.2. The maximum absolute atomic E-state index is 12.1. The van der Waals surface area contributed by atoms with Gasteiger partial charge in [0.25, 0.3) is 0 Å². The zero-order valence-electron chi connectivity index (χ0n) is 44.2. The average Bonchev–Trinajstić information content (AvgIpc) is 3.16. The number of ketones is 20. The maximum atomic E-state index is 12.1. The van der Waals surface area contributed by atoms with Crippen LogP contribution in [0, 0.1) is 45.3 Å². The summed E-state index contributed by atoms with van der Waals surface area (Å²) in [5.41, 5.74) is -12.4. The molecule has 0 rings (SSSR count). The maximum Gasteiger partial charge on any atom is 4.00 e. The SMILES string of the molecule is CC(=O)C(C(C)=O)C(=O)C(C(C)=O)(C(C)=O)C(=O)[O-].CC(=O)C(C(C)=O)C(=O)C(C(C)=O)(C(C)=O)C(=O)[O-].CC(=O)C(C(C)=O)C(=O)C(C(C)=O)(C(C)=O)C(=O)[O-].CC(=O)C(C(C)=O)C(=O)C(C(C)=O)(C(C)=O)C(=O)[O-].[Zr+4]. The Morgan fingerprint density at radius 1 is 0.208 bits per heavy atom. The van der Waals surface area contributed by atoms with Crippen molar-refractivity contribution in [3.63, 3.8) is 0 Å². The normalized spacial score (nSPS) is 10.9. The summed E-state index contributed by atoms with van der Waals surface area (Å²) in [4.78, 5) is 274. The number of Topliss-reactive ketones (excluding diaryl/α,β-unsaturated/α-hetero) is 20. The van der Waals surface area contributed by atoms with E-state index in [1.54, 1.807) is 0 Å². The summed E-state index contributed by atoms with van der Waals surface area (Å²) in [6, 6.07) is 0. The molecule has 0 fully saturated rings. The van der Waals surface area contributed by atoms with Crippen LogP contribution in [0.4, 0.5) is 0 Å². The molecule has 0 aliphatic carbocycles. The first kappa shape index (κ1) is 78.1. The second-order valence-electron chi connectivity index (χ2n) is 16.7. The van der Waals surface area contributed by atoms with Gasteiger partial charge in [0.2, 0.25) is 0 Å². The number of hydrogen-bond donors (Lipinski definition) is 0. The molecule has 77 heavy (non-hydrogen) atoms. The summed E-state index contributed by atoms with van der Waals surface area (Å²) in [7, 11) is 0. The molecule has 0 amide bonds. The number of aliphatic carboxylic acids is 4. The molecule has 0 heterocycles. The minimum atomic E-state index is -3.11. The minimum absolute atomic E-state index is 0. The van der Waals surface area contributed by atoms with Gasteiger partial charge in [-0.15, -0.1) is 0 Å². The van der Waals surface area contributed by atoms with Crippen molar-refractivity contribution in [1.29, 1.82) is 0 Å². The molecular weight excluding hydrogens is 1120 g/mol. The molecule has 0 radical (unpaired) electrons. The summed E-state index contributed by atoms with van der Waals surface area (Å²) in [6.07, 6.45) is 0. The molecule has 0 unspecified atom stereocenters. The molecule has 0 N–H and O–H groups in total. The van der Waals surface area contributed by atoms with Gasteiger partial charge in [-0.25, -0.2) is 0 Å². The first-order valence-electron chi connectivity index (χ1n) is 21.2. The van der Waals surface area contributed by atoms with Gasteiger partial charge in [0.1, 0.15) is 69.9 Å². The summed E-state index contributed by atoms with van der Waals surface area (Å²) >= 11 is 0. The van der Waals surface area contributed by atoms with Crippen LogP contribution in [0.5, 0.6) is 0 Å². The van der Waals surface area contributed by atoms with Gasteiger partial charge in [0.05, 0.1) is 23.9 Å². The van der Waals surface area contributed by atoms with Crippen molar-refractivity contribution in [2.24, 2.45) is 45.3 Å². The van der Waals surface area contributed by atoms with Gasteiger partial charge in [-0.05, 0) is 111 Å². The van der Waals surface area contributed by atoms with E-state index in [2.05, 4.69) is 0 Å². The molecule has 0 aromatic carbocycles. The minimum Gasteiger partial charge on any atom is -0.548 e. The standard InChI is InChI=1S/4C12H14O7.Zr/c4*1-5(13)9(6(2)14)10(17)12(7(3)15,8(4)16)11(18)19;/h4*9H,1-4H3,(H,18,19);/q;;;;+4/p-4. The molecule has 0 spiro atoms. The Balaban J connectivity index is -0.000000298. The first-order chi connectivity index (χ1) is 34.0. The predicted octanol–water partition coefficient (Wildman–Crippen LogP) is -6.95. The van der Waals surface area contributed by atoms with Crippen molar-refractivity contribution in [2.45, 2.75) is 111 Å². The predicted molar refractivity (Wildman–Crippen MR) is 235 cm³/mol. The number of carbonyl (C=O) groups is 24. The molecule has 0 atom stereocenters. The topological polar surface area (TPSA) is 502 Å². The number of carboxylic acid groups (broad SMARTS) is 4. The first-order valence-corrected chi connectivity index (χ1v) is 21.2. The Morgan fingerprint density at radius 2 is 0.286 bits per heavy atom. The van der Waals surface area contributed by atoms with E-state index in [0.29, 0.717) is 55.4 Å². The van der Waals surface area contributed by atoms with Crippen LogP contribution in [0.25, 0.3) is 0 Å². The third-order valence-electron chi connectivity index (χ3n) is 11.2. The van der Waals surface area contributed by atoms with Crippen LogP contribution in [0.2, 0.25) is 0 Å². The van der Waals surface area contributed by atoms with Crippen LogP contribution >= 0.6 is 0 Å². The molecule has 28 nitrogen and oxygen atoms in total. The van der Waals surface area contributed by atoms with E-state index in [1.807, 2.05) is 0 Å². The van der Waals surface area contributed by atoms with Crippen LogP contribution in [0.3, 0.4) is 0 Å². The molecule has 29 heteroatoms. The average molecular weight is 1170 g/mol. The second kappa shape index (κ2) is 30.6. The van der Waals surface area contributed by atoms with Crippen molar-refractivity contribution in [3.8, 4) is 0 Å². The largest absolute Gasteiger partial charge is 4.00 e. The number of carbonyl (C=O) groups excluding carboxylic acids is 24. The van der Waals surface area contributed by atoms with E-state index < -0.39 is 185 Å². The van der Waals surface area contributed by atoms with E-state index in [4.69, 9.17) is 0 Å². The van der Waals surface area contributed by atoms with E-state index in [1.165, 1.54) is 0 Å². The van der Waals surface area contributed by atoms with E-state index in [9.17, 15) is 135 Å². The molecule has 0 bridgehead atoms. The fourth-order valence-corrected chi connectivity index (χ4v) is 7.42. The van der Waals surface area contributed by atoms with Gasteiger partial charge in [0.15, 0.2) is 91.1 Å². The molecule has 0 aliphatic rings. The van der Waals surface area contributed by atoms with Crippen LogP contribution in [0.1, 0.15) is 111 Å². The second-order valence-corrected chi connectivity index (χ2v) is 16.7. The number of carboxylic acids is 4. The monoisotopic (exact) mass is 1170 g/mol. The Labute approximate surface area is 455 Å². The summed E-state index contributed by atoms with van der Waals surface area (Å²) < 4.78 is 0. The summed E-state index contributed by atoms with van der Waals surface area (Å²) in [6.45, 7) is 12.9. The molecule has 0 aromatic heterocycles. The van der Waals surface area contributed by atoms with Crippen LogP contribution in [0.15, 0.2) is 0 Å².